The first-order chi connectivity index (χ1) is 13.5. The molecule has 1 heterocycles. The van der Waals surface area contributed by atoms with Crippen LogP contribution in [0.2, 0.25) is 0 Å². The molecule has 1 aliphatic carbocycles. The van der Waals surface area contributed by atoms with Crippen molar-refractivity contribution in [3.05, 3.63) is 77.9 Å². The molecule has 28 heavy (non-hydrogen) atoms. The van der Waals surface area contributed by atoms with Gasteiger partial charge in [0.2, 0.25) is 11.7 Å². The van der Waals surface area contributed by atoms with Gasteiger partial charge in [-0.2, -0.15) is 4.98 Å². The Bertz CT molecular complexity index is 908. The van der Waals surface area contributed by atoms with Crippen molar-refractivity contribution >= 4 is 0 Å². The summed E-state index contributed by atoms with van der Waals surface area (Å²) in [4.78, 5) is 6.76. The molecule has 0 amide bonds. The quantitative estimate of drug-likeness (QED) is 0.580. The normalized spacial score (nSPS) is 20.3. The number of rotatable bonds is 8. The Morgan fingerprint density at radius 1 is 1.04 bits per heavy atom. The Hall–Kier alpha value is -2.66. The van der Waals surface area contributed by atoms with Gasteiger partial charge < -0.3 is 9.26 Å². The molecule has 1 fully saturated rings. The van der Waals surface area contributed by atoms with E-state index >= 15 is 0 Å². The van der Waals surface area contributed by atoms with Gasteiger partial charge in [0.1, 0.15) is 5.75 Å². The highest BCUT2D eigenvalue weighted by Crippen LogP contribution is 2.64. The third kappa shape index (κ3) is 3.80. The standard InChI is InChI=1S/C23H27N3O2/c1-22(2)16-23(22,18-10-6-4-7-11-18)17-26(3)14-21-24-20(25-28-21)15-27-19-12-8-5-9-13-19/h4-13H,14-17H2,1-3H3/t23-/m1/s1. The van der Waals surface area contributed by atoms with Gasteiger partial charge in [-0.3, -0.25) is 4.90 Å². The number of benzene rings is 2. The summed E-state index contributed by atoms with van der Waals surface area (Å²) in [6.07, 6.45) is 1.19. The van der Waals surface area contributed by atoms with E-state index in [1.165, 1.54) is 12.0 Å². The van der Waals surface area contributed by atoms with Crippen molar-refractivity contribution in [3.63, 3.8) is 0 Å². The summed E-state index contributed by atoms with van der Waals surface area (Å²) < 4.78 is 11.1. The van der Waals surface area contributed by atoms with Crippen LogP contribution in [0.1, 0.15) is 37.5 Å². The molecular formula is C23H27N3O2. The third-order valence-electron chi connectivity index (χ3n) is 5.81. The molecule has 1 atom stereocenters. The van der Waals surface area contributed by atoms with Crippen LogP contribution < -0.4 is 4.74 Å². The monoisotopic (exact) mass is 377 g/mol. The zero-order valence-corrected chi connectivity index (χ0v) is 16.8. The van der Waals surface area contributed by atoms with Crippen LogP contribution in [0, 0.1) is 5.41 Å². The van der Waals surface area contributed by atoms with Crippen LogP contribution in [0.15, 0.2) is 65.2 Å². The van der Waals surface area contributed by atoms with Crippen LogP contribution in [0.4, 0.5) is 0 Å². The molecule has 1 aliphatic rings. The predicted molar refractivity (Wildman–Crippen MR) is 108 cm³/mol. The van der Waals surface area contributed by atoms with Gasteiger partial charge in [-0.1, -0.05) is 67.5 Å². The molecule has 2 aromatic carbocycles. The third-order valence-corrected chi connectivity index (χ3v) is 5.81. The van der Waals surface area contributed by atoms with Crippen molar-refractivity contribution in [2.24, 2.45) is 5.41 Å². The summed E-state index contributed by atoms with van der Waals surface area (Å²) in [7, 11) is 2.11. The zero-order valence-electron chi connectivity index (χ0n) is 16.8. The maximum absolute atomic E-state index is 5.69. The second-order valence-corrected chi connectivity index (χ2v) is 8.39. The zero-order chi connectivity index (χ0) is 19.6. The Kier molecular flexibility index (Phi) is 4.94. The second kappa shape index (κ2) is 7.40. The molecule has 0 unspecified atom stereocenters. The molecule has 0 aliphatic heterocycles. The van der Waals surface area contributed by atoms with Gasteiger partial charge in [0.05, 0.1) is 6.54 Å². The lowest BCUT2D eigenvalue weighted by atomic mass is 9.87. The first-order valence-corrected chi connectivity index (χ1v) is 9.72. The summed E-state index contributed by atoms with van der Waals surface area (Å²) >= 11 is 0. The fraction of sp³-hybridized carbons (Fsp3) is 0.391. The van der Waals surface area contributed by atoms with E-state index in [0.29, 0.717) is 30.3 Å². The number of nitrogens with zero attached hydrogens (tertiary/aromatic N) is 3. The molecule has 1 aromatic heterocycles. The molecule has 146 valence electrons. The van der Waals surface area contributed by atoms with Crippen molar-refractivity contribution in [1.82, 2.24) is 15.0 Å². The lowest BCUT2D eigenvalue weighted by Crippen LogP contribution is -2.32. The van der Waals surface area contributed by atoms with Crippen LogP contribution in [0.3, 0.4) is 0 Å². The SMILES string of the molecule is CN(Cc1nc(COc2ccccc2)no1)C[C@@]1(c2ccccc2)CC1(C)C. The molecule has 3 aromatic rings. The Morgan fingerprint density at radius 2 is 1.68 bits per heavy atom. The molecule has 0 saturated heterocycles. The van der Waals surface area contributed by atoms with Crippen LogP contribution in [0.5, 0.6) is 5.75 Å². The highest BCUT2D eigenvalue weighted by atomic mass is 16.5. The first-order valence-electron chi connectivity index (χ1n) is 9.72. The molecule has 5 nitrogen and oxygen atoms in total. The summed E-state index contributed by atoms with van der Waals surface area (Å²) in [5.41, 5.74) is 1.89. The van der Waals surface area contributed by atoms with Gasteiger partial charge in [0, 0.05) is 12.0 Å². The second-order valence-electron chi connectivity index (χ2n) is 8.39. The van der Waals surface area contributed by atoms with Crippen LogP contribution >= 0.6 is 0 Å². The average Bonchev–Trinajstić information content (AvgIpc) is 3.01. The van der Waals surface area contributed by atoms with Crippen molar-refractivity contribution in [2.45, 2.75) is 38.8 Å². The highest BCUT2D eigenvalue weighted by Gasteiger charge is 2.61. The van der Waals surface area contributed by atoms with Crippen molar-refractivity contribution < 1.29 is 9.26 Å². The van der Waals surface area contributed by atoms with E-state index in [-0.39, 0.29) is 5.41 Å². The molecular weight excluding hydrogens is 350 g/mol. The van der Waals surface area contributed by atoms with Gasteiger partial charge in [0.15, 0.2) is 6.61 Å². The van der Waals surface area contributed by atoms with E-state index < -0.39 is 0 Å². The largest absolute Gasteiger partial charge is 0.485 e. The molecule has 0 bridgehead atoms. The van der Waals surface area contributed by atoms with E-state index in [9.17, 15) is 0 Å². The maximum Gasteiger partial charge on any atom is 0.240 e. The number of aromatic nitrogens is 2. The van der Waals surface area contributed by atoms with Gasteiger partial charge >= 0.3 is 0 Å². The first kappa shape index (κ1) is 18.7. The number of para-hydroxylation sites is 1. The summed E-state index contributed by atoms with van der Waals surface area (Å²) in [5.74, 6) is 1.99. The summed E-state index contributed by atoms with van der Waals surface area (Å²) in [6, 6.07) is 20.5. The summed E-state index contributed by atoms with van der Waals surface area (Å²) in [5, 5.41) is 4.05. The van der Waals surface area contributed by atoms with Crippen molar-refractivity contribution in [1.29, 1.82) is 0 Å². The highest BCUT2D eigenvalue weighted by molar-refractivity contribution is 5.37. The van der Waals surface area contributed by atoms with E-state index in [4.69, 9.17) is 9.26 Å². The van der Waals surface area contributed by atoms with Crippen LogP contribution in [-0.4, -0.2) is 28.6 Å². The lowest BCUT2D eigenvalue weighted by Gasteiger charge is -2.26. The van der Waals surface area contributed by atoms with Gasteiger partial charge in [-0.25, -0.2) is 0 Å². The molecule has 0 N–H and O–H groups in total. The molecule has 4 rings (SSSR count). The topological polar surface area (TPSA) is 51.4 Å². The minimum Gasteiger partial charge on any atom is -0.485 e. The molecule has 0 spiro atoms. The lowest BCUT2D eigenvalue weighted by molar-refractivity contribution is 0.233. The smallest absolute Gasteiger partial charge is 0.240 e. The fourth-order valence-electron chi connectivity index (χ4n) is 4.15. The van der Waals surface area contributed by atoms with Gasteiger partial charge in [0.25, 0.3) is 0 Å². The summed E-state index contributed by atoms with van der Waals surface area (Å²) in [6.45, 7) is 6.59. The van der Waals surface area contributed by atoms with E-state index in [1.807, 2.05) is 30.3 Å². The number of ether oxygens (including phenoxy) is 1. The average molecular weight is 377 g/mol. The minimum absolute atomic E-state index is 0.183. The maximum atomic E-state index is 5.69. The molecule has 1 saturated carbocycles. The Balaban J connectivity index is 1.36. The Morgan fingerprint density at radius 3 is 2.32 bits per heavy atom. The van der Waals surface area contributed by atoms with E-state index in [1.54, 1.807) is 0 Å². The van der Waals surface area contributed by atoms with E-state index in [0.717, 1.165) is 12.3 Å². The Labute approximate surface area is 166 Å². The van der Waals surface area contributed by atoms with Crippen molar-refractivity contribution in [2.75, 3.05) is 13.6 Å². The minimum atomic E-state index is 0.183. The van der Waals surface area contributed by atoms with E-state index in [2.05, 4.69) is 66.3 Å². The van der Waals surface area contributed by atoms with Crippen molar-refractivity contribution in [3.8, 4) is 5.75 Å². The molecule has 5 heteroatoms. The number of likely N-dealkylation sites (N-methyl/N-ethyl adjacent to an activating group) is 1. The van der Waals surface area contributed by atoms with Gasteiger partial charge in [-0.05, 0) is 36.6 Å². The predicted octanol–water partition coefficient (Wildman–Crippen LogP) is 4.45. The number of hydrogen-bond acceptors (Lipinski definition) is 5. The van der Waals surface area contributed by atoms with Crippen LogP contribution in [0.25, 0.3) is 0 Å². The fourth-order valence-corrected chi connectivity index (χ4v) is 4.15. The molecule has 0 radical (unpaired) electrons. The van der Waals surface area contributed by atoms with Gasteiger partial charge in [-0.15, -0.1) is 0 Å². The van der Waals surface area contributed by atoms with Crippen LogP contribution in [-0.2, 0) is 18.6 Å². The number of hydrogen-bond donors (Lipinski definition) is 0.